The first-order valence-corrected chi connectivity index (χ1v) is 9.69. The van der Waals surface area contributed by atoms with Gasteiger partial charge in [-0.2, -0.15) is 5.10 Å². The molecule has 2 heterocycles. The van der Waals surface area contributed by atoms with Crippen molar-refractivity contribution < 1.29 is 14.6 Å². The summed E-state index contributed by atoms with van der Waals surface area (Å²) in [4.78, 5) is 35.9. The van der Waals surface area contributed by atoms with Crippen molar-refractivity contribution in [3.05, 3.63) is 84.0 Å². The Morgan fingerprint density at radius 3 is 2.45 bits per heavy atom. The van der Waals surface area contributed by atoms with Crippen LogP contribution in [0.2, 0.25) is 5.02 Å². The zero-order valence-electron chi connectivity index (χ0n) is 16.3. The quantitative estimate of drug-likeness (QED) is 0.479. The molecule has 0 saturated carbocycles. The molecule has 0 radical (unpaired) electrons. The summed E-state index contributed by atoms with van der Waals surface area (Å²) in [5.41, 5.74) is 2.05. The van der Waals surface area contributed by atoms with Gasteiger partial charge in [0.15, 0.2) is 0 Å². The molecular formula is C20H16ClN5O5. The van der Waals surface area contributed by atoms with Crippen LogP contribution in [0.4, 0.5) is 11.4 Å². The van der Waals surface area contributed by atoms with E-state index in [9.17, 15) is 25.0 Å². The second-order valence-electron chi connectivity index (χ2n) is 7.17. The van der Waals surface area contributed by atoms with Crippen LogP contribution in [-0.2, 0) is 13.0 Å². The number of hydrogen-bond acceptors (Lipinski definition) is 6. The molecule has 2 aromatic carbocycles. The van der Waals surface area contributed by atoms with Crippen molar-refractivity contribution in [2.45, 2.75) is 19.9 Å². The van der Waals surface area contributed by atoms with Crippen LogP contribution < -0.4 is 0 Å². The number of carbonyl (C=O) groups is 1. The van der Waals surface area contributed by atoms with Crippen LogP contribution in [0, 0.1) is 27.2 Å². The first-order valence-electron chi connectivity index (χ1n) is 9.31. The topological polar surface area (TPSA) is 135 Å². The molecule has 0 aliphatic carbocycles. The average Bonchev–Trinajstić information content (AvgIpc) is 3.16. The summed E-state index contributed by atoms with van der Waals surface area (Å²) in [5, 5.41) is 30.6. The highest BCUT2D eigenvalue weighted by Gasteiger charge is 2.30. The lowest BCUT2D eigenvalue weighted by Gasteiger charge is -2.27. The Labute approximate surface area is 180 Å². The number of nitrogens with zero attached hydrogens (tertiary/aromatic N) is 4. The van der Waals surface area contributed by atoms with Crippen molar-refractivity contribution in [2.75, 3.05) is 6.54 Å². The zero-order chi connectivity index (χ0) is 22.3. The number of nitrogens with one attached hydrogen (secondary N) is 1. The fourth-order valence-electron chi connectivity index (χ4n) is 3.71. The molecule has 1 aliphatic rings. The van der Waals surface area contributed by atoms with Crippen LogP contribution in [0.15, 0.2) is 36.4 Å². The van der Waals surface area contributed by atoms with Gasteiger partial charge in [0.2, 0.25) is 0 Å². The fourth-order valence-corrected chi connectivity index (χ4v) is 3.90. The Morgan fingerprint density at radius 2 is 1.84 bits per heavy atom. The maximum atomic E-state index is 13.1. The van der Waals surface area contributed by atoms with Gasteiger partial charge in [-0.3, -0.25) is 30.1 Å². The number of carbonyl (C=O) groups excluding carboxylic acids is 1. The predicted octanol–water partition coefficient (Wildman–Crippen LogP) is 4.05. The van der Waals surface area contributed by atoms with Gasteiger partial charge in [-0.05, 0) is 19.1 Å². The number of nitro groups is 2. The first-order chi connectivity index (χ1) is 14.8. The SMILES string of the molecule is Cc1c([N+](=O)[O-])cc(C(=O)N2CCc3[nH]nc(-c4cccc(Cl)c4)c3C2)cc1[N+](=O)[O-]. The number of fused-ring (bicyclic) bond motifs is 1. The molecule has 0 unspecified atom stereocenters. The van der Waals surface area contributed by atoms with Crippen molar-refractivity contribution in [3.8, 4) is 11.3 Å². The summed E-state index contributed by atoms with van der Waals surface area (Å²) >= 11 is 6.08. The van der Waals surface area contributed by atoms with Gasteiger partial charge in [0.1, 0.15) is 5.56 Å². The summed E-state index contributed by atoms with van der Waals surface area (Å²) in [6, 6.07) is 9.36. The van der Waals surface area contributed by atoms with Gasteiger partial charge < -0.3 is 4.90 Å². The molecule has 0 saturated heterocycles. The van der Waals surface area contributed by atoms with Crippen LogP contribution in [0.25, 0.3) is 11.3 Å². The number of benzene rings is 2. The minimum atomic E-state index is -0.721. The molecular weight excluding hydrogens is 426 g/mol. The smallest absolute Gasteiger partial charge is 0.279 e. The Hall–Kier alpha value is -3.79. The lowest BCUT2D eigenvalue weighted by molar-refractivity contribution is -0.395. The lowest BCUT2D eigenvalue weighted by atomic mass is 10.00. The van der Waals surface area contributed by atoms with Gasteiger partial charge in [-0.15, -0.1) is 0 Å². The molecule has 158 valence electrons. The number of nitro benzene ring substituents is 2. The van der Waals surface area contributed by atoms with Crippen molar-refractivity contribution in [2.24, 2.45) is 0 Å². The van der Waals surface area contributed by atoms with Gasteiger partial charge in [0.25, 0.3) is 17.3 Å². The molecule has 1 aromatic heterocycles. The molecule has 0 spiro atoms. The van der Waals surface area contributed by atoms with Crippen LogP contribution in [0.5, 0.6) is 0 Å². The van der Waals surface area contributed by atoms with Crippen LogP contribution in [0.3, 0.4) is 0 Å². The van der Waals surface area contributed by atoms with Crippen molar-refractivity contribution in [1.29, 1.82) is 0 Å². The van der Waals surface area contributed by atoms with Crippen molar-refractivity contribution in [1.82, 2.24) is 15.1 Å². The maximum Gasteiger partial charge on any atom is 0.279 e. The summed E-state index contributed by atoms with van der Waals surface area (Å²) in [6.07, 6.45) is 0.505. The number of aromatic nitrogens is 2. The highest BCUT2D eigenvalue weighted by atomic mass is 35.5. The largest absolute Gasteiger partial charge is 0.334 e. The second kappa shape index (κ2) is 7.80. The molecule has 0 fully saturated rings. The Bertz CT molecular complexity index is 1200. The first kappa shape index (κ1) is 20.5. The molecule has 4 rings (SSSR count). The Morgan fingerprint density at radius 1 is 1.16 bits per heavy atom. The van der Waals surface area contributed by atoms with Crippen molar-refractivity contribution in [3.63, 3.8) is 0 Å². The Balaban J connectivity index is 1.69. The van der Waals surface area contributed by atoms with E-state index in [1.807, 2.05) is 6.07 Å². The normalized spacial score (nSPS) is 13.0. The maximum absolute atomic E-state index is 13.1. The van der Waals surface area contributed by atoms with E-state index in [1.165, 1.54) is 11.8 Å². The molecule has 1 aliphatic heterocycles. The molecule has 0 bridgehead atoms. The summed E-state index contributed by atoms with van der Waals surface area (Å²) < 4.78 is 0. The molecule has 0 atom stereocenters. The number of rotatable bonds is 4. The van der Waals surface area contributed by atoms with Gasteiger partial charge in [-0.25, -0.2) is 0 Å². The van der Waals surface area contributed by atoms with E-state index in [0.29, 0.717) is 23.7 Å². The van der Waals surface area contributed by atoms with E-state index < -0.39 is 27.1 Å². The molecule has 1 amide bonds. The third kappa shape index (κ3) is 3.73. The minimum absolute atomic E-state index is 0.0921. The zero-order valence-corrected chi connectivity index (χ0v) is 17.0. The third-order valence-electron chi connectivity index (χ3n) is 5.31. The predicted molar refractivity (Wildman–Crippen MR) is 112 cm³/mol. The van der Waals surface area contributed by atoms with Crippen molar-refractivity contribution >= 4 is 28.9 Å². The molecule has 3 aromatic rings. The number of H-pyrrole nitrogens is 1. The van der Waals surface area contributed by atoms with E-state index in [1.54, 1.807) is 18.2 Å². The minimum Gasteiger partial charge on any atom is -0.334 e. The monoisotopic (exact) mass is 441 g/mol. The third-order valence-corrected chi connectivity index (χ3v) is 5.55. The average molecular weight is 442 g/mol. The van der Waals surface area contributed by atoms with Gasteiger partial charge in [-0.1, -0.05) is 23.7 Å². The molecule has 11 heteroatoms. The second-order valence-corrected chi connectivity index (χ2v) is 7.61. The number of aromatic amines is 1. The highest BCUT2D eigenvalue weighted by Crippen LogP contribution is 2.33. The van der Waals surface area contributed by atoms with Gasteiger partial charge in [0.05, 0.1) is 21.1 Å². The van der Waals surface area contributed by atoms with E-state index in [0.717, 1.165) is 29.0 Å². The number of amides is 1. The van der Waals surface area contributed by atoms with E-state index in [2.05, 4.69) is 10.2 Å². The number of hydrogen-bond donors (Lipinski definition) is 1. The van der Waals surface area contributed by atoms with Gasteiger partial charge in [0, 0.05) is 53.5 Å². The highest BCUT2D eigenvalue weighted by molar-refractivity contribution is 6.30. The summed E-state index contributed by atoms with van der Waals surface area (Å²) in [5.74, 6) is -0.518. The van der Waals surface area contributed by atoms with Crippen LogP contribution >= 0.6 is 11.6 Å². The Kier molecular flexibility index (Phi) is 5.15. The number of halogens is 1. The molecule has 1 N–H and O–H groups in total. The molecule has 31 heavy (non-hydrogen) atoms. The fraction of sp³-hybridized carbons (Fsp3) is 0.200. The van der Waals surface area contributed by atoms with E-state index in [-0.39, 0.29) is 17.7 Å². The van der Waals surface area contributed by atoms with Gasteiger partial charge >= 0.3 is 0 Å². The standard InChI is InChI=1S/C20H16ClN5O5/c1-11-17(25(28)29)8-13(9-18(11)26(30)31)20(27)24-6-5-16-15(10-24)19(23-22-16)12-3-2-4-14(21)7-12/h2-4,7-9H,5-6,10H2,1H3,(H,22,23). The van der Waals surface area contributed by atoms with E-state index in [4.69, 9.17) is 11.6 Å². The molecule has 10 nitrogen and oxygen atoms in total. The summed E-state index contributed by atoms with van der Waals surface area (Å²) in [7, 11) is 0. The van der Waals surface area contributed by atoms with Crippen LogP contribution in [-0.4, -0.2) is 37.4 Å². The lowest BCUT2D eigenvalue weighted by Crippen LogP contribution is -2.36. The summed E-state index contributed by atoms with van der Waals surface area (Å²) in [6.45, 7) is 1.85. The van der Waals surface area contributed by atoms with Crippen LogP contribution in [0.1, 0.15) is 27.2 Å². The van der Waals surface area contributed by atoms with E-state index >= 15 is 0 Å².